The number of aliphatic carboxylic acids is 1. The van der Waals surface area contributed by atoms with Crippen molar-refractivity contribution in [2.24, 2.45) is 5.16 Å². The molecule has 0 unspecified atom stereocenters. The lowest BCUT2D eigenvalue weighted by Crippen LogP contribution is -2.49. The van der Waals surface area contributed by atoms with E-state index in [1.807, 2.05) is 0 Å². The lowest BCUT2D eigenvalue weighted by Gasteiger charge is -2.17. The van der Waals surface area contributed by atoms with Gasteiger partial charge in [-0.3, -0.25) is 4.79 Å². The molecule has 2 heterocycles. The Hall–Kier alpha value is -2.17. The van der Waals surface area contributed by atoms with Crippen molar-refractivity contribution in [3.05, 3.63) is 34.5 Å². The van der Waals surface area contributed by atoms with E-state index in [9.17, 15) is 14.6 Å². The second-order valence-electron chi connectivity index (χ2n) is 4.60. The van der Waals surface area contributed by atoms with E-state index in [4.69, 9.17) is 9.76 Å². The van der Waals surface area contributed by atoms with Gasteiger partial charge in [-0.05, 0) is 17.9 Å². The lowest BCUT2D eigenvalue weighted by molar-refractivity contribution is -0.142. The van der Waals surface area contributed by atoms with Crippen molar-refractivity contribution < 1.29 is 29.2 Å². The highest BCUT2D eigenvalue weighted by Crippen LogP contribution is 2.12. The molecule has 0 aromatic carbocycles. The monoisotopic (exact) mass is 338 g/mol. The van der Waals surface area contributed by atoms with Gasteiger partial charge in [-0.2, -0.15) is 0 Å². The zero-order valence-corrected chi connectivity index (χ0v) is 12.9. The van der Waals surface area contributed by atoms with Crippen LogP contribution in [0.2, 0.25) is 0 Å². The van der Waals surface area contributed by atoms with Crippen LogP contribution >= 0.6 is 11.3 Å². The minimum atomic E-state index is -1.20. The first kappa shape index (κ1) is 17.2. The van der Waals surface area contributed by atoms with Gasteiger partial charge in [0.1, 0.15) is 0 Å². The number of thiophene rings is 1. The Balaban J connectivity index is 2.09. The van der Waals surface area contributed by atoms with Gasteiger partial charge in [-0.1, -0.05) is 23.4 Å². The number of nitrogens with zero attached hydrogens (tertiary/aromatic N) is 1. The molecule has 1 amide bonds. The zero-order valence-electron chi connectivity index (χ0n) is 12.0. The smallest absolute Gasteiger partial charge is 0.478 e. The molecule has 1 aromatic heterocycles. The number of hydrogen-bond acceptors (Lipinski definition) is 7. The predicted molar refractivity (Wildman–Crippen MR) is 84.1 cm³/mol. The van der Waals surface area contributed by atoms with E-state index < -0.39 is 31.5 Å². The Morgan fingerprint density at radius 2 is 2.35 bits per heavy atom. The summed E-state index contributed by atoms with van der Waals surface area (Å²) in [5.74, 6) is -2.41. The third kappa shape index (κ3) is 5.20. The number of rotatable bonds is 6. The zero-order chi connectivity index (χ0) is 16.7. The largest absolute Gasteiger partial charge is 0.479 e. The molecule has 8 nitrogen and oxygen atoms in total. The molecular weight excluding hydrogens is 323 g/mol. The average molecular weight is 338 g/mol. The van der Waals surface area contributed by atoms with Gasteiger partial charge in [0.25, 0.3) is 5.91 Å². The summed E-state index contributed by atoms with van der Waals surface area (Å²) in [7, 11) is -1.14. The minimum Gasteiger partial charge on any atom is -0.479 e. The number of carbonyl (C=O) groups is 2. The van der Waals surface area contributed by atoms with Crippen molar-refractivity contribution in [1.29, 1.82) is 0 Å². The van der Waals surface area contributed by atoms with Gasteiger partial charge < -0.3 is 24.9 Å². The second-order valence-corrected chi connectivity index (χ2v) is 5.54. The highest BCUT2D eigenvalue weighted by atomic mass is 32.1. The number of carboxylic acids is 1. The summed E-state index contributed by atoms with van der Waals surface area (Å²) in [6.07, 6.45) is 3.95. The molecule has 0 spiro atoms. The Kier molecular flexibility index (Phi) is 6.33. The maximum absolute atomic E-state index is 12.4. The number of amides is 1. The lowest BCUT2D eigenvalue weighted by atomic mass is 9.77. The first-order chi connectivity index (χ1) is 11.1. The molecule has 1 aromatic rings. The first-order valence-electron chi connectivity index (χ1n) is 6.79. The van der Waals surface area contributed by atoms with Gasteiger partial charge >= 0.3 is 13.1 Å². The summed E-state index contributed by atoms with van der Waals surface area (Å²) in [4.78, 5) is 28.1. The summed E-state index contributed by atoms with van der Waals surface area (Å²) in [6, 6.07) is 3.39. The van der Waals surface area contributed by atoms with Gasteiger partial charge in [0.05, 0.1) is 10.8 Å². The Bertz CT molecular complexity index is 604. The highest BCUT2D eigenvalue weighted by Gasteiger charge is 2.30. The van der Waals surface area contributed by atoms with Crippen LogP contribution in [-0.4, -0.2) is 54.0 Å². The Labute approximate surface area is 136 Å². The van der Waals surface area contributed by atoms with Crippen LogP contribution < -0.4 is 5.32 Å². The van der Waals surface area contributed by atoms with Crippen molar-refractivity contribution in [1.82, 2.24) is 5.32 Å². The van der Waals surface area contributed by atoms with Gasteiger partial charge in [-0.15, -0.1) is 11.3 Å². The quantitative estimate of drug-likeness (QED) is 0.292. The fraction of sp³-hybridized carbons (Fsp3) is 0.308. The van der Waals surface area contributed by atoms with E-state index in [1.165, 1.54) is 11.3 Å². The molecule has 1 aliphatic rings. The van der Waals surface area contributed by atoms with Crippen LogP contribution in [0.15, 0.2) is 34.8 Å². The summed E-state index contributed by atoms with van der Waals surface area (Å²) < 4.78 is 5.11. The fourth-order valence-corrected chi connectivity index (χ4v) is 2.53. The number of nitrogens with one attached hydrogen (secondary N) is 1. The minimum absolute atomic E-state index is 0.0540. The number of hydrogen-bond donors (Lipinski definition) is 3. The molecule has 0 fully saturated rings. The van der Waals surface area contributed by atoms with Crippen molar-refractivity contribution in [3.63, 3.8) is 0 Å². The van der Waals surface area contributed by atoms with Gasteiger partial charge in [0.15, 0.2) is 5.71 Å². The van der Waals surface area contributed by atoms with Crippen molar-refractivity contribution >= 4 is 36.0 Å². The number of oxime groups is 1. The molecule has 0 aliphatic carbocycles. The van der Waals surface area contributed by atoms with E-state index in [-0.39, 0.29) is 12.3 Å². The molecule has 3 N–H and O–H groups in total. The summed E-state index contributed by atoms with van der Waals surface area (Å²) in [5.41, 5.74) is -0.0540. The SMILES string of the molecule is O=C(O)CO/N=C(/C(=O)N[C@H]1CC=CCOB1O)c1cccs1. The molecule has 1 aliphatic heterocycles. The standard InChI is InChI=1S/C13H15BN2O6S/c17-11(18)8-22-16-12(9-4-3-7-23-9)13(19)15-10-5-1-2-6-21-14(10)20/h1-4,7,10,20H,5-6,8H2,(H,15,19)(H,17,18)/b16-12+/t10-/m0/s1. The Morgan fingerprint density at radius 3 is 3.04 bits per heavy atom. The van der Waals surface area contributed by atoms with Crippen molar-refractivity contribution in [2.75, 3.05) is 13.2 Å². The molecule has 23 heavy (non-hydrogen) atoms. The van der Waals surface area contributed by atoms with Crippen LogP contribution in [-0.2, 0) is 19.1 Å². The van der Waals surface area contributed by atoms with Crippen LogP contribution in [0.5, 0.6) is 0 Å². The fourth-order valence-electron chi connectivity index (χ4n) is 1.83. The van der Waals surface area contributed by atoms with Crippen LogP contribution in [0.1, 0.15) is 11.3 Å². The Morgan fingerprint density at radius 1 is 1.52 bits per heavy atom. The van der Waals surface area contributed by atoms with Crippen molar-refractivity contribution in [2.45, 2.75) is 12.4 Å². The molecular formula is C13H15BN2O6S. The molecule has 2 rings (SSSR count). The summed E-state index contributed by atoms with van der Waals surface area (Å²) in [6.45, 7) is -0.388. The molecule has 0 bridgehead atoms. The third-order valence-electron chi connectivity index (χ3n) is 2.89. The molecule has 0 radical (unpaired) electrons. The first-order valence-corrected chi connectivity index (χ1v) is 7.67. The molecule has 0 saturated carbocycles. The van der Waals surface area contributed by atoms with Gasteiger partial charge in [0, 0.05) is 6.61 Å². The van der Waals surface area contributed by atoms with E-state index in [0.717, 1.165) is 0 Å². The molecule has 122 valence electrons. The maximum atomic E-state index is 12.4. The van der Waals surface area contributed by atoms with Gasteiger partial charge in [-0.25, -0.2) is 4.79 Å². The van der Waals surface area contributed by atoms with Gasteiger partial charge in [0.2, 0.25) is 6.61 Å². The average Bonchev–Trinajstić information content (AvgIpc) is 2.96. The van der Waals surface area contributed by atoms with Crippen molar-refractivity contribution in [3.8, 4) is 0 Å². The van der Waals surface area contributed by atoms with Crippen LogP contribution in [0.3, 0.4) is 0 Å². The molecule has 0 saturated heterocycles. The number of carbonyl (C=O) groups excluding carboxylic acids is 1. The highest BCUT2D eigenvalue weighted by molar-refractivity contribution is 7.13. The normalized spacial score (nSPS) is 18.4. The van der Waals surface area contributed by atoms with E-state index in [0.29, 0.717) is 11.3 Å². The third-order valence-corrected chi connectivity index (χ3v) is 3.77. The van der Waals surface area contributed by atoms with Crippen LogP contribution in [0.4, 0.5) is 0 Å². The predicted octanol–water partition coefficient (Wildman–Crippen LogP) is 0.0344. The topological polar surface area (TPSA) is 117 Å². The summed E-state index contributed by atoms with van der Waals surface area (Å²) in [5, 5.41) is 26.4. The van der Waals surface area contributed by atoms with E-state index in [1.54, 1.807) is 29.7 Å². The molecule has 1 atom stereocenters. The van der Waals surface area contributed by atoms with E-state index >= 15 is 0 Å². The maximum Gasteiger partial charge on any atom is 0.478 e. The second kappa shape index (κ2) is 8.46. The van der Waals surface area contributed by atoms with E-state index in [2.05, 4.69) is 15.3 Å². The molecule has 10 heteroatoms. The number of carboxylic acid groups (broad SMARTS) is 1. The summed E-state index contributed by atoms with van der Waals surface area (Å²) >= 11 is 1.26. The van der Waals surface area contributed by atoms with Crippen LogP contribution in [0, 0.1) is 0 Å². The van der Waals surface area contributed by atoms with Crippen LogP contribution in [0.25, 0.3) is 0 Å².